The molecule has 0 aromatic rings. The van der Waals surface area contributed by atoms with Gasteiger partial charge in [0.25, 0.3) is 0 Å². The molecule has 0 amide bonds. The van der Waals surface area contributed by atoms with Crippen LogP contribution in [0.2, 0.25) is 0 Å². The van der Waals surface area contributed by atoms with Crippen molar-refractivity contribution in [1.82, 2.24) is 10.2 Å². The van der Waals surface area contributed by atoms with Gasteiger partial charge in [-0.1, -0.05) is 6.92 Å². The number of hydrogen-bond donors (Lipinski definition) is 1. The van der Waals surface area contributed by atoms with Crippen molar-refractivity contribution in [3.63, 3.8) is 0 Å². The summed E-state index contributed by atoms with van der Waals surface area (Å²) in [5, 5.41) is 3.67. The highest BCUT2D eigenvalue weighted by Gasteiger charge is 2.37. The predicted molar refractivity (Wildman–Crippen MR) is 62.1 cm³/mol. The molecule has 1 N–H and O–H groups in total. The zero-order chi connectivity index (χ0) is 10.9. The molecule has 2 aliphatic rings. The van der Waals surface area contributed by atoms with Gasteiger partial charge in [0.2, 0.25) is 0 Å². The van der Waals surface area contributed by atoms with Crippen LogP contribution in [0.4, 0.5) is 0 Å². The molecule has 0 bridgehead atoms. The molecule has 3 unspecified atom stereocenters. The van der Waals surface area contributed by atoms with Gasteiger partial charge in [0.05, 0.1) is 6.61 Å². The summed E-state index contributed by atoms with van der Waals surface area (Å²) in [5.41, 5.74) is 0.301. The molecule has 3 nitrogen and oxygen atoms in total. The Morgan fingerprint density at radius 3 is 2.93 bits per heavy atom. The van der Waals surface area contributed by atoms with E-state index in [1.165, 1.54) is 19.4 Å². The monoisotopic (exact) mass is 212 g/mol. The zero-order valence-electron chi connectivity index (χ0n) is 10.3. The minimum atomic E-state index is 0.301. The van der Waals surface area contributed by atoms with E-state index in [9.17, 15) is 0 Å². The standard InChI is InChI=1S/C12H24N2O/c1-4-12(3)9-14(10(2)7-13-12)11-5-6-15-8-11/h10-11,13H,4-9H2,1-3H3. The lowest BCUT2D eigenvalue weighted by molar-refractivity contribution is 0.0468. The average Bonchev–Trinajstić information content (AvgIpc) is 2.75. The summed E-state index contributed by atoms with van der Waals surface area (Å²) >= 11 is 0. The van der Waals surface area contributed by atoms with Gasteiger partial charge in [0, 0.05) is 37.3 Å². The van der Waals surface area contributed by atoms with Crippen LogP contribution in [-0.4, -0.2) is 48.8 Å². The third kappa shape index (κ3) is 2.35. The van der Waals surface area contributed by atoms with Crippen LogP contribution in [0.5, 0.6) is 0 Å². The zero-order valence-corrected chi connectivity index (χ0v) is 10.3. The number of ether oxygens (including phenoxy) is 1. The second kappa shape index (κ2) is 4.40. The first-order valence-electron chi connectivity index (χ1n) is 6.23. The first-order chi connectivity index (χ1) is 7.14. The molecule has 0 radical (unpaired) electrons. The van der Waals surface area contributed by atoms with Crippen LogP contribution in [0.25, 0.3) is 0 Å². The van der Waals surface area contributed by atoms with E-state index in [4.69, 9.17) is 4.74 Å². The van der Waals surface area contributed by atoms with Crippen LogP contribution >= 0.6 is 0 Å². The van der Waals surface area contributed by atoms with Crippen molar-refractivity contribution >= 4 is 0 Å². The van der Waals surface area contributed by atoms with Gasteiger partial charge in [0.1, 0.15) is 0 Å². The summed E-state index contributed by atoms with van der Waals surface area (Å²) in [7, 11) is 0. The highest BCUT2D eigenvalue weighted by molar-refractivity contribution is 4.96. The fraction of sp³-hybridized carbons (Fsp3) is 1.00. The normalized spacial score (nSPS) is 43.4. The topological polar surface area (TPSA) is 24.5 Å². The molecule has 3 atom stereocenters. The fourth-order valence-electron chi connectivity index (χ4n) is 2.64. The molecular formula is C12H24N2O. The quantitative estimate of drug-likeness (QED) is 0.745. The van der Waals surface area contributed by atoms with E-state index in [1.807, 2.05) is 0 Å². The Kier molecular flexibility index (Phi) is 3.33. The summed E-state index contributed by atoms with van der Waals surface area (Å²) < 4.78 is 5.50. The van der Waals surface area contributed by atoms with Gasteiger partial charge >= 0.3 is 0 Å². The molecule has 88 valence electrons. The molecule has 0 aromatic carbocycles. The largest absolute Gasteiger partial charge is 0.380 e. The Morgan fingerprint density at radius 1 is 1.53 bits per heavy atom. The summed E-state index contributed by atoms with van der Waals surface area (Å²) in [6.07, 6.45) is 2.41. The molecule has 0 spiro atoms. The summed E-state index contributed by atoms with van der Waals surface area (Å²) in [6, 6.07) is 1.31. The Labute approximate surface area is 93.2 Å². The summed E-state index contributed by atoms with van der Waals surface area (Å²) in [5.74, 6) is 0. The lowest BCUT2D eigenvalue weighted by Crippen LogP contribution is -2.64. The van der Waals surface area contributed by atoms with Crippen molar-refractivity contribution in [1.29, 1.82) is 0 Å². The highest BCUT2D eigenvalue weighted by atomic mass is 16.5. The van der Waals surface area contributed by atoms with E-state index in [0.29, 0.717) is 17.6 Å². The molecule has 0 saturated carbocycles. The Hall–Kier alpha value is -0.120. The Balaban J connectivity index is 2.01. The molecular weight excluding hydrogens is 188 g/mol. The van der Waals surface area contributed by atoms with E-state index in [2.05, 4.69) is 31.0 Å². The van der Waals surface area contributed by atoms with E-state index < -0.39 is 0 Å². The summed E-state index contributed by atoms with van der Waals surface area (Å²) in [6.45, 7) is 11.1. The van der Waals surface area contributed by atoms with E-state index in [0.717, 1.165) is 19.8 Å². The number of piperazine rings is 1. The molecule has 3 heteroatoms. The van der Waals surface area contributed by atoms with Gasteiger partial charge in [-0.3, -0.25) is 4.90 Å². The average molecular weight is 212 g/mol. The lowest BCUT2D eigenvalue weighted by atomic mass is 9.92. The van der Waals surface area contributed by atoms with E-state index >= 15 is 0 Å². The molecule has 2 fully saturated rings. The molecule has 0 aromatic heterocycles. The van der Waals surface area contributed by atoms with Gasteiger partial charge in [0.15, 0.2) is 0 Å². The number of hydrogen-bond acceptors (Lipinski definition) is 3. The minimum Gasteiger partial charge on any atom is -0.380 e. The van der Waals surface area contributed by atoms with Gasteiger partial charge in [-0.25, -0.2) is 0 Å². The van der Waals surface area contributed by atoms with Gasteiger partial charge in [-0.15, -0.1) is 0 Å². The third-order valence-electron chi connectivity index (χ3n) is 4.08. The smallest absolute Gasteiger partial charge is 0.0622 e. The first-order valence-corrected chi connectivity index (χ1v) is 6.23. The van der Waals surface area contributed by atoms with Crippen molar-refractivity contribution in [3.8, 4) is 0 Å². The summed E-state index contributed by atoms with van der Waals surface area (Å²) in [4.78, 5) is 2.65. The van der Waals surface area contributed by atoms with Crippen LogP contribution in [0.15, 0.2) is 0 Å². The molecule has 2 saturated heterocycles. The molecule has 2 aliphatic heterocycles. The van der Waals surface area contributed by atoms with Crippen molar-refractivity contribution < 1.29 is 4.74 Å². The van der Waals surface area contributed by atoms with Crippen molar-refractivity contribution in [2.45, 2.75) is 51.2 Å². The Morgan fingerprint density at radius 2 is 2.33 bits per heavy atom. The number of nitrogens with zero attached hydrogens (tertiary/aromatic N) is 1. The van der Waals surface area contributed by atoms with Gasteiger partial charge in [-0.05, 0) is 26.7 Å². The molecule has 2 heterocycles. The van der Waals surface area contributed by atoms with Gasteiger partial charge < -0.3 is 10.1 Å². The maximum absolute atomic E-state index is 5.50. The van der Waals surface area contributed by atoms with Gasteiger partial charge in [-0.2, -0.15) is 0 Å². The second-order valence-corrected chi connectivity index (χ2v) is 5.33. The van der Waals surface area contributed by atoms with E-state index in [1.54, 1.807) is 0 Å². The SMILES string of the molecule is CCC1(C)CN(C2CCOC2)C(C)CN1. The lowest BCUT2D eigenvalue weighted by Gasteiger charge is -2.47. The van der Waals surface area contributed by atoms with Crippen LogP contribution in [-0.2, 0) is 4.74 Å². The van der Waals surface area contributed by atoms with Crippen LogP contribution < -0.4 is 5.32 Å². The minimum absolute atomic E-state index is 0.301. The van der Waals surface area contributed by atoms with Crippen LogP contribution in [0.3, 0.4) is 0 Å². The predicted octanol–water partition coefficient (Wildman–Crippen LogP) is 1.24. The second-order valence-electron chi connectivity index (χ2n) is 5.33. The third-order valence-corrected chi connectivity index (χ3v) is 4.08. The number of nitrogens with one attached hydrogen (secondary N) is 1. The highest BCUT2D eigenvalue weighted by Crippen LogP contribution is 2.24. The van der Waals surface area contributed by atoms with Crippen molar-refractivity contribution in [2.75, 3.05) is 26.3 Å². The molecule has 2 rings (SSSR count). The van der Waals surface area contributed by atoms with Crippen LogP contribution in [0, 0.1) is 0 Å². The maximum Gasteiger partial charge on any atom is 0.0622 e. The first kappa shape index (κ1) is 11.4. The Bertz CT molecular complexity index is 216. The van der Waals surface area contributed by atoms with Crippen molar-refractivity contribution in [2.24, 2.45) is 0 Å². The maximum atomic E-state index is 5.50. The molecule has 0 aliphatic carbocycles. The fourth-order valence-corrected chi connectivity index (χ4v) is 2.64. The van der Waals surface area contributed by atoms with Crippen molar-refractivity contribution in [3.05, 3.63) is 0 Å². The number of rotatable bonds is 2. The van der Waals surface area contributed by atoms with E-state index in [-0.39, 0.29) is 0 Å². The molecule has 15 heavy (non-hydrogen) atoms. The van der Waals surface area contributed by atoms with Crippen LogP contribution in [0.1, 0.15) is 33.6 Å².